The Morgan fingerprint density at radius 2 is 1.59 bits per heavy atom. The molecule has 0 bridgehead atoms. The van der Waals surface area contributed by atoms with Gasteiger partial charge in [0.25, 0.3) is 0 Å². The Morgan fingerprint density at radius 3 is 2.19 bits per heavy atom. The molecule has 0 atom stereocenters. The topological polar surface area (TPSA) is 102 Å². The number of benzene rings is 2. The molecule has 4 rings (SSSR count). The maximum absolute atomic E-state index is 13.0. The second-order valence-electron chi connectivity index (χ2n) is 7.84. The van der Waals surface area contributed by atoms with Crippen LogP contribution in [0.4, 0.5) is 11.6 Å². The molecule has 1 aliphatic heterocycles. The lowest BCUT2D eigenvalue weighted by Gasteiger charge is -2.35. The molecule has 1 fully saturated rings. The molecule has 2 aromatic carbocycles. The normalized spacial score (nSPS) is 15.1. The molecule has 32 heavy (non-hydrogen) atoms. The molecule has 0 amide bonds. The Bertz CT molecular complexity index is 1220. The van der Waals surface area contributed by atoms with Crippen molar-refractivity contribution in [2.75, 3.05) is 31.1 Å². The zero-order valence-electron chi connectivity index (χ0n) is 18.0. The number of hydrogen-bond donors (Lipinski definition) is 0. The van der Waals surface area contributed by atoms with E-state index in [2.05, 4.69) is 4.98 Å². The lowest BCUT2D eigenvalue weighted by molar-refractivity contribution is -0.388. The zero-order valence-corrected chi connectivity index (χ0v) is 18.8. The van der Waals surface area contributed by atoms with Crippen molar-refractivity contribution in [2.45, 2.75) is 25.3 Å². The van der Waals surface area contributed by atoms with E-state index in [-0.39, 0.29) is 23.8 Å². The maximum Gasteiger partial charge on any atom is 0.406 e. The monoisotopic (exact) mass is 455 g/mol. The summed E-state index contributed by atoms with van der Waals surface area (Å²) < 4.78 is 29.3. The van der Waals surface area contributed by atoms with E-state index in [1.807, 2.05) is 46.7 Å². The van der Waals surface area contributed by atoms with Gasteiger partial charge in [0.05, 0.1) is 11.4 Å². The van der Waals surface area contributed by atoms with Crippen molar-refractivity contribution >= 4 is 21.7 Å². The molecule has 0 saturated carbocycles. The highest BCUT2D eigenvalue weighted by Gasteiger charge is 2.34. The van der Waals surface area contributed by atoms with E-state index < -0.39 is 14.9 Å². The van der Waals surface area contributed by atoms with E-state index in [4.69, 9.17) is 0 Å². The summed E-state index contributed by atoms with van der Waals surface area (Å²) in [6.07, 6.45) is 0. The van der Waals surface area contributed by atoms with Crippen molar-refractivity contribution in [3.63, 3.8) is 0 Å². The fraction of sp³-hybridized carbons (Fsp3) is 0.318. The largest absolute Gasteiger partial charge is 0.406 e. The summed E-state index contributed by atoms with van der Waals surface area (Å²) >= 11 is 0. The van der Waals surface area contributed by atoms with Gasteiger partial charge in [-0.2, -0.15) is 4.31 Å². The second kappa shape index (κ2) is 8.71. The van der Waals surface area contributed by atoms with Gasteiger partial charge in [-0.3, -0.25) is 4.57 Å². The van der Waals surface area contributed by atoms with Crippen molar-refractivity contribution in [1.82, 2.24) is 13.9 Å². The van der Waals surface area contributed by atoms with Gasteiger partial charge in [-0.05, 0) is 34.5 Å². The van der Waals surface area contributed by atoms with Gasteiger partial charge in [0.1, 0.15) is 0 Å². The first-order chi connectivity index (χ1) is 15.3. The highest BCUT2D eigenvalue weighted by Crippen LogP contribution is 2.31. The fourth-order valence-corrected chi connectivity index (χ4v) is 5.35. The Labute approximate surface area is 187 Å². The van der Waals surface area contributed by atoms with Crippen LogP contribution in [0.5, 0.6) is 0 Å². The van der Waals surface area contributed by atoms with E-state index in [9.17, 15) is 18.5 Å². The molecule has 1 aliphatic rings. The lowest BCUT2D eigenvalue weighted by atomic mass is 10.2. The first-order valence-corrected chi connectivity index (χ1v) is 11.8. The van der Waals surface area contributed by atoms with E-state index in [0.29, 0.717) is 31.3 Å². The van der Waals surface area contributed by atoms with Crippen LogP contribution in [-0.2, 0) is 16.6 Å². The summed E-state index contributed by atoms with van der Waals surface area (Å²) in [5.74, 6) is 0.766. The third-order valence-corrected chi connectivity index (χ3v) is 7.58. The van der Waals surface area contributed by atoms with Crippen LogP contribution >= 0.6 is 0 Å². The van der Waals surface area contributed by atoms with Crippen LogP contribution in [0.2, 0.25) is 0 Å². The van der Waals surface area contributed by atoms with E-state index in [0.717, 1.165) is 11.1 Å². The number of aryl methyl sites for hydroxylation is 2. The minimum absolute atomic E-state index is 0.201. The average Bonchev–Trinajstić information content (AvgIpc) is 3.11. The van der Waals surface area contributed by atoms with Crippen LogP contribution < -0.4 is 4.90 Å². The number of rotatable bonds is 6. The molecule has 1 aromatic heterocycles. The summed E-state index contributed by atoms with van der Waals surface area (Å²) in [5.41, 5.74) is 1.99. The molecule has 0 unspecified atom stereocenters. The van der Waals surface area contributed by atoms with Crippen molar-refractivity contribution in [3.05, 3.63) is 81.7 Å². The number of imidazole rings is 1. The van der Waals surface area contributed by atoms with Crippen molar-refractivity contribution in [1.29, 1.82) is 0 Å². The van der Waals surface area contributed by atoms with Gasteiger partial charge in [0.2, 0.25) is 21.7 Å². The number of sulfonamides is 1. The zero-order chi connectivity index (χ0) is 22.9. The van der Waals surface area contributed by atoms with Gasteiger partial charge in [-0.15, -0.1) is 0 Å². The molecule has 0 spiro atoms. The van der Waals surface area contributed by atoms with Crippen molar-refractivity contribution in [3.8, 4) is 0 Å². The average molecular weight is 456 g/mol. The number of aromatic nitrogens is 2. The van der Waals surface area contributed by atoms with E-state index >= 15 is 0 Å². The standard InChI is InChI=1S/C22H25N5O4S/c1-17-8-10-20(11-9-17)32(30,31)25-14-12-24(13-15-25)22-21(27(28)29)23-18(2)26(22)16-19-6-4-3-5-7-19/h3-11H,12-16H2,1-2H3. The SMILES string of the molecule is Cc1ccc(S(=O)(=O)N2CCN(c3c([N+](=O)[O-])nc(C)n3Cc3ccccc3)CC2)cc1. The molecule has 0 aliphatic carbocycles. The molecule has 2 heterocycles. The quantitative estimate of drug-likeness (QED) is 0.418. The molecule has 1 saturated heterocycles. The Hall–Kier alpha value is -3.24. The van der Waals surface area contributed by atoms with E-state index in [1.54, 1.807) is 31.2 Å². The summed E-state index contributed by atoms with van der Waals surface area (Å²) in [4.78, 5) is 17.6. The molecule has 9 nitrogen and oxygen atoms in total. The minimum atomic E-state index is -3.61. The number of piperazine rings is 1. The van der Waals surface area contributed by atoms with Gasteiger partial charge in [0.15, 0.2) is 0 Å². The molecule has 3 aromatic rings. The predicted molar refractivity (Wildman–Crippen MR) is 121 cm³/mol. The summed E-state index contributed by atoms with van der Waals surface area (Å²) in [6, 6.07) is 16.5. The second-order valence-corrected chi connectivity index (χ2v) is 9.78. The maximum atomic E-state index is 13.0. The first-order valence-electron chi connectivity index (χ1n) is 10.3. The summed E-state index contributed by atoms with van der Waals surface area (Å²) in [5, 5.41) is 11.7. The fourth-order valence-electron chi connectivity index (χ4n) is 3.93. The number of hydrogen-bond acceptors (Lipinski definition) is 6. The molecular weight excluding hydrogens is 430 g/mol. The Morgan fingerprint density at radius 1 is 0.969 bits per heavy atom. The Balaban J connectivity index is 1.59. The number of anilines is 1. The van der Waals surface area contributed by atoms with E-state index in [1.165, 1.54) is 4.31 Å². The van der Waals surface area contributed by atoms with Gasteiger partial charge in [0, 0.05) is 33.1 Å². The van der Waals surface area contributed by atoms with Crippen LogP contribution in [0.15, 0.2) is 59.5 Å². The lowest BCUT2D eigenvalue weighted by Crippen LogP contribution is -2.49. The smallest absolute Gasteiger partial charge is 0.358 e. The van der Waals surface area contributed by atoms with Gasteiger partial charge in [-0.25, -0.2) is 8.42 Å². The molecule has 0 N–H and O–H groups in total. The van der Waals surface area contributed by atoms with Crippen LogP contribution in [-0.4, -0.2) is 53.4 Å². The van der Waals surface area contributed by atoms with Gasteiger partial charge >= 0.3 is 5.82 Å². The third kappa shape index (κ3) is 4.23. The molecular formula is C22H25N5O4S. The molecule has 10 heteroatoms. The van der Waals surface area contributed by atoms with Gasteiger partial charge in [-0.1, -0.05) is 48.0 Å². The molecule has 168 valence electrons. The number of nitro groups is 1. The van der Waals surface area contributed by atoms with Gasteiger partial charge < -0.3 is 15.0 Å². The van der Waals surface area contributed by atoms with Crippen LogP contribution in [0, 0.1) is 24.0 Å². The predicted octanol–water partition coefficient (Wildman–Crippen LogP) is 2.97. The van der Waals surface area contributed by atoms with Crippen molar-refractivity contribution < 1.29 is 13.3 Å². The van der Waals surface area contributed by atoms with Crippen LogP contribution in [0.25, 0.3) is 0 Å². The summed E-state index contributed by atoms with van der Waals surface area (Å²) in [6.45, 7) is 5.26. The minimum Gasteiger partial charge on any atom is -0.358 e. The molecule has 0 radical (unpaired) electrons. The first kappa shape index (κ1) is 22.0. The number of nitrogens with zero attached hydrogens (tertiary/aromatic N) is 5. The summed E-state index contributed by atoms with van der Waals surface area (Å²) in [7, 11) is -3.61. The van der Waals surface area contributed by atoms with Crippen molar-refractivity contribution in [2.24, 2.45) is 0 Å². The third-order valence-electron chi connectivity index (χ3n) is 5.67. The highest BCUT2D eigenvalue weighted by molar-refractivity contribution is 7.89. The Kier molecular flexibility index (Phi) is 5.98. The highest BCUT2D eigenvalue weighted by atomic mass is 32.2. The van der Waals surface area contributed by atoms with Crippen LogP contribution in [0.3, 0.4) is 0 Å². The van der Waals surface area contributed by atoms with Crippen LogP contribution in [0.1, 0.15) is 17.0 Å².